The largest absolute Gasteiger partial charge is 0.461 e. The fraction of sp³-hybridized carbons (Fsp3) is 0.267. The first-order chi connectivity index (χ1) is 9.11. The highest BCUT2D eigenvalue weighted by Crippen LogP contribution is 2.14. The number of halogens is 1. The van der Waals surface area contributed by atoms with Gasteiger partial charge in [0.05, 0.1) is 6.61 Å². The summed E-state index contributed by atoms with van der Waals surface area (Å²) in [5.74, 6) is -0.591. The number of hydrogen-bond acceptors (Lipinski definition) is 2. The average molecular weight is 261 g/mol. The number of aromatic nitrogens is 1. The van der Waals surface area contributed by atoms with Crippen LogP contribution in [0.4, 0.5) is 4.39 Å². The summed E-state index contributed by atoms with van der Waals surface area (Å²) in [4.78, 5) is 11.8. The van der Waals surface area contributed by atoms with E-state index in [0.29, 0.717) is 18.8 Å². The fourth-order valence-electron chi connectivity index (χ4n) is 1.96. The van der Waals surface area contributed by atoms with Gasteiger partial charge >= 0.3 is 5.97 Å². The molecule has 0 fully saturated rings. The summed E-state index contributed by atoms with van der Waals surface area (Å²) in [5, 5.41) is 0. The number of carbonyl (C=O) groups excluding carboxylic acids is 1. The molecule has 1 aromatic carbocycles. The lowest BCUT2D eigenvalue weighted by atomic mass is 10.1. The Morgan fingerprint density at radius 2 is 2.16 bits per heavy atom. The Hall–Kier alpha value is -2.10. The number of esters is 1. The summed E-state index contributed by atoms with van der Waals surface area (Å²) in [6.07, 6.45) is 1.81. The molecule has 0 saturated heterocycles. The molecule has 100 valence electrons. The Morgan fingerprint density at radius 3 is 2.84 bits per heavy atom. The first kappa shape index (κ1) is 13.3. The number of rotatable bonds is 4. The van der Waals surface area contributed by atoms with E-state index < -0.39 is 0 Å². The normalized spacial score (nSPS) is 10.5. The molecule has 0 aliphatic rings. The molecule has 0 aliphatic heterocycles. The maximum absolute atomic E-state index is 13.1. The molecule has 0 radical (unpaired) electrons. The molecule has 2 rings (SSSR count). The summed E-state index contributed by atoms with van der Waals surface area (Å²) in [5.41, 5.74) is 2.34. The predicted molar refractivity (Wildman–Crippen MR) is 70.6 cm³/mol. The zero-order valence-electron chi connectivity index (χ0n) is 11.0. The van der Waals surface area contributed by atoms with Gasteiger partial charge in [-0.2, -0.15) is 0 Å². The molecule has 0 amide bonds. The van der Waals surface area contributed by atoms with Crippen molar-refractivity contribution in [3.05, 3.63) is 59.2 Å². The third kappa shape index (κ3) is 3.02. The third-order valence-corrected chi connectivity index (χ3v) is 2.96. The van der Waals surface area contributed by atoms with Crippen molar-refractivity contribution in [2.45, 2.75) is 20.4 Å². The fourth-order valence-corrected chi connectivity index (χ4v) is 1.96. The average Bonchev–Trinajstić information content (AvgIpc) is 2.81. The highest BCUT2D eigenvalue weighted by Gasteiger charge is 2.12. The molecule has 0 atom stereocenters. The van der Waals surface area contributed by atoms with Crippen molar-refractivity contribution in [1.29, 1.82) is 0 Å². The van der Waals surface area contributed by atoms with Gasteiger partial charge in [0.2, 0.25) is 0 Å². The molecule has 0 N–H and O–H groups in total. The van der Waals surface area contributed by atoms with Gasteiger partial charge in [-0.25, -0.2) is 9.18 Å². The molecule has 1 aromatic heterocycles. The zero-order valence-corrected chi connectivity index (χ0v) is 11.0. The number of hydrogen-bond donors (Lipinski definition) is 0. The van der Waals surface area contributed by atoms with E-state index in [1.165, 1.54) is 12.1 Å². The minimum absolute atomic E-state index is 0.251. The molecule has 0 aliphatic carbocycles. The minimum Gasteiger partial charge on any atom is -0.461 e. The summed E-state index contributed by atoms with van der Waals surface area (Å²) in [6.45, 7) is 4.49. The minimum atomic E-state index is -0.340. The molecule has 0 spiro atoms. The monoisotopic (exact) mass is 261 g/mol. The SMILES string of the molecule is CCOC(=O)c1cccn1Cc1ccc(F)cc1C. The predicted octanol–water partition coefficient (Wildman–Crippen LogP) is 3.16. The van der Waals surface area contributed by atoms with Crippen LogP contribution >= 0.6 is 0 Å². The maximum atomic E-state index is 13.1. The highest BCUT2D eigenvalue weighted by atomic mass is 19.1. The van der Waals surface area contributed by atoms with E-state index in [9.17, 15) is 9.18 Å². The van der Waals surface area contributed by atoms with E-state index in [1.807, 2.05) is 13.1 Å². The molecular formula is C15H16FNO2. The Bertz CT molecular complexity index is 590. The first-order valence-corrected chi connectivity index (χ1v) is 6.19. The second-order valence-electron chi connectivity index (χ2n) is 4.31. The van der Waals surface area contributed by atoms with Crippen molar-refractivity contribution in [1.82, 2.24) is 4.57 Å². The van der Waals surface area contributed by atoms with E-state index >= 15 is 0 Å². The standard InChI is InChI=1S/C15H16FNO2/c1-3-19-15(18)14-5-4-8-17(14)10-12-6-7-13(16)9-11(12)2/h4-9H,3,10H2,1-2H3. The highest BCUT2D eigenvalue weighted by molar-refractivity contribution is 5.87. The number of ether oxygens (including phenoxy) is 1. The summed E-state index contributed by atoms with van der Waals surface area (Å²) in [6, 6.07) is 8.17. The Balaban J connectivity index is 2.24. The van der Waals surface area contributed by atoms with Crippen LogP contribution in [0.25, 0.3) is 0 Å². The van der Waals surface area contributed by atoms with E-state index in [-0.39, 0.29) is 11.8 Å². The molecular weight excluding hydrogens is 245 g/mol. The van der Waals surface area contributed by atoms with Gasteiger partial charge in [-0.3, -0.25) is 0 Å². The van der Waals surface area contributed by atoms with Gasteiger partial charge in [0.1, 0.15) is 11.5 Å². The summed E-state index contributed by atoms with van der Waals surface area (Å²) in [7, 11) is 0. The van der Waals surface area contributed by atoms with E-state index in [2.05, 4.69) is 0 Å². The van der Waals surface area contributed by atoms with Gasteiger partial charge in [-0.05, 0) is 49.2 Å². The van der Waals surface area contributed by atoms with Crippen LogP contribution in [0.5, 0.6) is 0 Å². The first-order valence-electron chi connectivity index (χ1n) is 6.19. The quantitative estimate of drug-likeness (QED) is 0.792. The topological polar surface area (TPSA) is 31.2 Å². The van der Waals surface area contributed by atoms with Gasteiger partial charge in [0.25, 0.3) is 0 Å². The number of benzene rings is 1. The number of aryl methyl sites for hydroxylation is 1. The van der Waals surface area contributed by atoms with Gasteiger partial charge in [0, 0.05) is 12.7 Å². The van der Waals surface area contributed by atoms with Crippen LogP contribution in [-0.2, 0) is 11.3 Å². The Morgan fingerprint density at radius 1 is 1.37 bits per heavy atom. The van der Waals surface area contributed by atoms with Crippen LogP contribution in [0, 0.1) is 12.7 Å². The molecule has 0 saturated carbocycles. The third-order valence-electron chi connectivity index (χ3n) is 2.96. The van der Waals surface area contributed by atoms with Gasteiger partial charge < -0.3 is 9.30 Å². The van der Waals surface area contributed by atoms with Crippen LogP contribution in [0.15, 0.2) is 36.5 Å². The van der Waals surface area contributed by atoms with Crippen molar-refractivity contribution in [2.24, 2.45) is 0 Å². The Labute approximate surface area is 111 Å². The number of nitrogens with zero attached hydrogens (tertiary/aromatic N) is 1. The van der Waals surface area contributed by atoms with Crippen molar-refractivity contribution >= 4 is 5.97 Å². The van der Waals surface area contributed by atoms with Crippen LogP contribution in [0.1, 0.15) is 28.5 Å². The van der Waals surface area contributed by atoms with Crippen LogP contribution in [-0.4, -0.2) is 17.1 Å². The maximum Gasteiger partial charge on any atom is 0.354 e. The van der Waals surface area contributed by atoms with Crippen molar-refractivity contribution in [3.63, 3.8) is 0 Å². The second kappa shape index (κ2) is 5.69. The number of carbonyl (C=O) groups is 1. The summed E-state index contributed by atoms with van der Waals surface area (Å²) < 4.78 is 19.9. The summed E-state index contributed by atoms with van der Waals surface area (Å²) >= 11 is 0. The van der Waals surface area contributed by atoms with Gasteiger partial charge in [0.15, 0.2) is 0 Å². The molecule has 1 heterocycles. The lowest BCUT2D eigenvalue weighted by Gasteiger charge is -2.10. The smallest absolute Gasteiger partial charge is 0.354 e. The Kier molecular flexibility index (Phi) is 4.00. The molecule has 4 heteroatoms. The van der Waals surface area contributed by atoms with Crippen LogP contribution < -0.4 is 0 Å². The lowest BCUT2D eigenvalue weighted by Crippen LogP contribution is -2.12. The second-order valence-corrected chi connectivity index (χ2v) is 4.31. The van der Waals surface area contributed by atoms with E-state index in [0.717, 1.165) is 11.1 Å². The van der Waals surface area contributed by atoms with Gasteiger partial charge in [-0.1, -0.05) is 6.07 Å². The zero-order chi connectivity index (χ0) is 13.8. The lowest BCUT2D eigenvalue weighted by molar-refractivity contribution is 0.0514. The molecule has 19 heavy (non-hydrogen) atoms. The van der Waals surface area contributed by atoms with Crippen molar-refractivity contribution < 1.29 is 13.9 Å². The molecule has 3 nitrogen and oxygen atoms in total. The molecule has 0 bridgehead atoms. The molecule has 2 aromatic rings. The van der Waals surface area contributed by atoms with Crippen LogP contribution in [0.2, 0.25) is 0 Å². The van der Waals surface area contributed by atoms with E-state index in [4.69, 9.17) is 4.74 Å². The van der Waals surface area contributed by atoms with Crippen LogP contribution in [0.3, 0.4) is 0 Å². The van der Waals surface area contributed by atoms with E-state index in [1.54, 1.807) is 29.7 Å². The van der Waals surface area contributed by atoms with Gasteiger partial charge in [-0.15, -0.1) is 0 Å². The van der Waals surface area contributed by atoms with Crippen molar-refractivity contribution in [3.8, 4) is 0 Å². The van der Waals surface area contributed by atoms with Crippen molar-refractivity contribution in [2.75, 3.05) is 6.61 Å². The molecule has 0 unspecified atom stereocenters.